The predicted octanol–water partition coefficient (Wildman–Crippen LogP) is 4.63. The molecule has 2 nitrogen and oxygen atoms in total. The van der Waals surface area contributed by atoms with Crippen molar-refractivity contribution in [3.63, 3.8) is 0 Å². The van der Waals surface area contributed by atoms with Gasteiger partial charge in [-0.1, -0.05) is 29.7 Å². The van der Waals surface area contributed by atoms with Crippen molar-refractivity contribution in [2.24, 2.45) is 17.8 Å². The lowest BCUT2D eigenvalue weighted by Crippen LogP contribution is -2.33. The molecular weight excluding hydrogens is 272 g/mol. The molecule has 0 aromatic rings. The van der Waals surface area contributed by atoms with Gasteiger partial charge < -0.3 is 9.84 Å². The molecule has 0 radical (unpaired) electrons. The molecule has 5 atom stereocenters. The van der Waals surface area contributed by atoms with Gasteiger partial charge in [0.25, 0.3) is 0 Å². The van der Waals surface area contributed by atoms with Crippen LogP contribution in [0.2, 0.25) is 0 Å². The Hall–Kier alpha value is -0.600. The Labute approximate surface area is 135 Å². The largest absolute Gasteiger partial charge is 0.392 e. The Bertz CT molecular complexity index is 500. The van der Waals surface area contributed by atoms with Crippen LogP contribution in [0.5, 0.6) is 0 Å². The van der Waals surface area contributed by atoms with Crippen molar-refractivity contribution in [2.75, 3.05) is 0 Å². The second-order valence-electron chi connectivity index (χ2n) is 8.39. The standard InChI is InChI=1S/C20H32O2/c1-12-6-10-16(13(2)8-11-17-20(4,5)22-17)19(21)18-14(3)7-9-15(12)18/h7,13,16-19,21H,6,8-11H2,1-5H3/t13-,16-,17-,18-,19-/m1/s1. The zero-order valence-electron chi connectivity index (χ0n) is 14.9. The fraction of sp³-hybridized carbons (Fsp3) is 0.800. The molecule has 3 rings (SSSR count). The average molecular weight is 304 g/mol. The highest BCUT2D eigenvalue weighted by Crippen LogP contribution is 2.46. The maximum absolute atomic E-state index is 11.1. The Morgan fingerprint density at radius 2 is 2.05 bits per heavy atom. The molecule has 3 aliphatic rings. The number of rotatable bonds is 4. The van der Waals surface area contributed by atoms with Crippen molar-refractivity contribution in [1.29, 1.82) is 0 Å². The summed E-state index contributed by atoms with van der Waals surface area (Å²) in [5.74, 6) is 1.28. The van der Waals surface area contributed by atoms with Crippen LogP contribution in [0.15, 0.2) is 22.8 Å². The van der Waals surface area contributed by atoms with Crippen molar-refractivity contribution >= 4 is 0 Å². The quantitative estimate of drug-likeness (QED) is 0.606. The number of fused-ring (bicyclic) bond motifs is 1. The van der Waals surface area contributed by atoms with Gasteiger partial charge in [-0.3, -0.25) is 0 Å². The van der Waals surface area contributed by atoms with E-state index in [1.54, 1.807) is 0 Å². The first-order chi connectivity index (χ1) is 10.3. The van der Waals surface area contributed by atoms with E-state index < -0.39 is 0 Å². The van der Waals surface area contributed by atoms with Gasteiger partial charge in [-0.15, -0.1) is 0 Å². The third-order valence-corrected chi connectivity index (χ3v) is 6.47. The molecule has 22 heavy (non-hydrogen) atoms. The van der Waals surface area contributed by atoms with E-state index in [0.717, 1.165) is 25.7 Å². The average Bonchev–Trinajstić information content (AvgIpc) is 2.91. The van der Waals surface area contributed by atoms with E-state index in [4.69, 9.17) is 4.74 Å². The zero-order chi connectivity index (χ0) is 16.1. The van der Waals surface area contributed by atoms with Crippen molar-refractivity contribution in [3.05, 3.63) is 22.8 Å². The Balaban J connectivity index is 1.65. The van der Waals surface area contributed by atoms with Crippen LogP contribution in [-0.4, -0.2) is 22.9 Å². The normalized spacial score (nSPS) is 38.4. The highest BCUT2D eigenvalue weighted by molar-refractivity contribution is 5.35. The fourth-order valence-electron chi connectivity index (χ4n) is 4.67. The van der Waals surface area contributed by atoms with Gasteiger partial charge in [0.15, 0.2) is 0 Å². The van der Waals surface area contributed by atoms with Gasteiger partial charge in [0.1, 0.15) is 0 Å². The van der Waals surface area contributed by atoms with Crippen molar-refractivity contribution in [1.82, 2.24) is 0 Å². The van der Waals surface area contributed by atoms with Crippen molar-refractivity contribution in [2.45, 2.75) is 84.5 Å². The van der Waals surface area contributed by atoms with Gasteiger partial charge in [-0.05, 0) is 71.6 Å². The molecule has 1 heterocycles. The molecule has 1 aliphatic heterocycles. The predicted molar refractivity (Wildman–Crippen MR) is 90.6 cm³/mol. The van der Waals surface area contributed by atoms with Crippen LogP contribution in [0.3, 0.4) is 0 Å². The third-order valence-electron chi connectivity index (χ3n) is 6.47. The Kier molecular flexibility index (Phi) is 4.28. The lowest BCUT2D eigenvalue weighted by molar-refractivity contribution is 0.0465. The first kappa shape index (κ1) is 16.3. The van der Waals surface area contributed by atoms with E-state index in [1.807, 2.05) is 0 Å². The highest BCUT2D eigenvalue weighted by Gasteiger charge is 2.47. The first-order valence-electron chi connectivity index (χ1n) is 9.02. The minimum Gasteiger partial charge on any atom is -0.392 e. The zero-order valence-corrected chi connectivity index (χ0v) is 14.9. The Morgan fingerprint density at radius 3 is 2.68 bits per heavy atom. The van der Waals surface area contributed by atoms with Crippen LogP contribution in [0.25, 0.3) is 0 Å². The van der Waals surface area contributed by atoms with E-state index in [1.165, 1.54) is 23.1 Å². The molecule has 0 spiro atoms. The lowest BCUT2D eigenvalue weighted by Gasteiger charge is -2.32. The number of epoxide rings is 1. The maximum Gasteiger partial charge on any atom is 0.0892 e. The number of allylic oxidation sites excluding steroid dienone is 2. The van der Waals surface area contributed by atoms with Crippen LogP contribution < -0.4 is 0 Å². The molecule has 1 saturated heterocycles. The molecule has 0 amide bonds. The second kappa shape index (κ2) is 5.79. The van der Waals surface area contributed by atoms with Gasteiger partial charge in [-0.2, -0.15) is 0 Å². The number of hydrogen-bond acceptors (Lipinski definition) is 2. The summed E-state index contributed by atoms with van der Waals surface area (Å²) in [5, 5.41) is 11.1. The minimum absolute atomic E-state index is 0.0951. The summed E-state index contributed by atoms with van der Waals surface area (Å²) in [5.41, 5.74) is 4.51. The van der Waals surface area contributed by atoms with Crippen LogP contribution in [-0.2, 0) is 4.74 Å². The summed E-state index contributed by atoms with van der Waals surface area (Å²) < 4.78 is 5.72. The third kappa shape index (κ3) is 2.92. The van der Waals surface area contributed by atoms with Gasteiger partial charge in [0.05, 0.1) is 17.8 Å². The number of aliphatic hydroxyl groups is 1. The van der Waals surface area contributed by atoms with Crippen LogP contribution in [0.4, 0.5) is 0 Å². The maximum atomic E-state index is 11.1. The smallest absolute Gasteiger partial charge is 0.0892 e. The molecule has 2 heteroatoms. The van der Waals surface area contributed by atoms with Crippen molar-refractivity contribution < 1.29 is 9.84 Å². The minimum atomic E-state index is -0.200. The van der Waals surface area contributed by atoms with E-state index in [2.05, 4.69) is 40.7 Å². The molecule has 124 valence electrons. The molecule has 0 aromatic heterocycles. The number of ether oxygens (including phenoxy) is 1. The SMILES string of the molecule is CC1=CCC2=C(C)CC[C@H]([C@H](C)CC[C@H]3OC3(C)C)[C@@H](O)[C@H]12. The van der Waals surface area contributed by atoms with Crippen molar-refractivity contribution in [3.8, 4) is 0 Å². The summed E-state index contributed by atoms with van der Waals surface area (Å²) in [7, 11) is 0. The molecule has 0 unspecified atom stereocenters. The van der Waals surface area contributed by atoms with Gasteiger partial charge >= 0.3 is 0 Å². The first-order valence-corrected chi connectivity index (χ1v) is 9.02. The van der Waals surface area contributed by atoms with E-state index in [-0.39, 0.29) is 11.7 Å². The molecule has 1 N–H and O–H groups in total. The van der Waals surface area contributed by atoms with Crippen LogP contribution >= 0.6 is 0 Å². The summed E-state index contributed by atoms with van der Waals surface area (Å²) in [4.78, 5) is 0. The monoisotopic (exact) mass is 304 g/mol. The van der Waals surface area contributed by atoms with Crippen LogP contribution in [0, 0.1) is 17.8 Å². The molecular formula is C20H32O2. The topological polar surface area (TPSA) is 32.8 Å². The summed E-state index contributed by atoms with van der Waals surface area (Å²) in [6.07, 6.45) is 8.21. The van der Waals surface area contributed by atoms with Gasteiger partial charge in [-0.25, -0.2) is 0 Å². The molecule has 0 saturated carbocycles. The summed E-state index contributed by atoms with van der Waals surface area (Å²) in [6.45, 7) is 11.2. The molecule has 0 aromatic carbocycles. The molecule has 1 fully saturated rings. The van der Waals surface area contributed by atoms with E-state index in [0.29, 0.717) is 23.9 Å². The van der Waals surface area contributed by atoms with Gasteiger partial charge in [0.2, 0.25) is 0 Å². The second-order valence-corrected chi connectivity index (χ2v) is 8.39. The van der Waals surface area contributed by atoms with Crippen LogP contribution in [0.1, 0.15) is 66.7 Å². The van der Waals surface area contributed by atoms with E-state index >= 15 is 0 Å². The number of aliphatic hydroxyl groups excluding tert-OH is 1. The van der Waals surface area contributed by atoms with E-state index in [9.17, 15) is 5.11 Å². The summed E-state index contributed by atoms with van der Waals surface area (Å²) in [6, 6.07) is 0. The highest BCUT2D eigenvalue weighted by atomic mass is 16.6. The summed E-state index contributed by atoms with van der Waals surface area (Å²) >= 11 is 0. The Morgan fingerprint density at radius 1 is 1.36 bits per heavy atom. The molecule has 0 bridgehead atoms. The lowest BCUT2D eigenvalue weighted by atomic mass is 9.77. The molecule has 2 aliphatic carbocycles. The fourth-order valence-corrected chi connectivity index (χ4v) is 4.67. The number of hydrogen-bond donors (Lipinski definition) is 1. The van der Waals surface area contributed by atoms with Gasteiger partial charge in [0, 0.05) is 5.92 Å².